The first-order valence-electron chi connectivity index (χ1n) is 9.01. The normalized spacial score (nSPS) is 11.0. The number of ketones is 1. The van der Waals surface area contributed by atoms with Crippen molar-refractivity contribution in [1.29, 1.82) is 0 Å². The van der Waals surface area contributed by atoms with Crippen molar-refractivity contribution >= 4 is 84.1 Å². The minimum atomic E-state index is -0.483. The first-order chi connectivity index (χ1) is 15.3. The van der Waals surface area contributed by atoms with Gasteiger partial charge in [-0.2, -0.15) is 4.68 Å². The van der Waals surface area contributed by atoms with E-state index >= 15 is 0 Å². The van der Waals surface area contributed by atoms with Crippen LogP contribution in [0.15, 0.2) is 68.3 Å². The Morgan fingerprint density at radius 2 is 1.91 bits per heavy atom. The van der Waals surface area contributed by atoms with Gasteiger partial charge in [0, 0.05) is 15.6 Å². The maximum atomic E-state index is 13.0. The van der Waals surface area contributed by atoms with Crippen LogP contribution in [0.3, 0.4) is 0 Å². The second-order valence-corrected chi connectivity index (χ2v) is 10.1. The number of hydrogen-bond acceptors (Lipinski definition) is 6. The average Bonchev–Trinajstić information content (AvgIpc) is 3.25. The Kier molecular flexibility index (Phi) is 7.02. The Hall–Kier alpha value is -2.17. The maximum absolute atomic E-state index is 13.0. The summed E-state index contributed by atoms with van der Waals surface area (Å²) in [5.74, 6) is -0.728. The van der Waals surface area contributed by atoms with Gasteiger partial charge in [-0.05, 0) is 47.8 Å². The summed E-state index contributed by atoms with van der Waals surface area (Å²) in [6.07, 6.45) is 0. The molecule has 0 unspecified atom stereocenters. The van der Waals surface area contributed by atoms with E-state index in [1.54, 1.807) is 47.8 Å². The summed E-state index contributed by atoms with van der Waals surface area (Å²) in [6, 6.07) is 13.1. The van der Waals surface area contributed by atoms with Gasteiger partial charge in [-0.15, -0.1) is 11.3 Å². The third kappa shape index (κ3) is 4.92. The van der Waals surface area contributed by atoms with E-state index in [2.05, 4.69) is 26.3 Å². The zero-order valence-corrected chi connectivity index (χ0v) is 20.7. The van der Waals surface area contributed by atoms with Gasteiger partial charge in [0.1, 0.15) is 4.70 Å². The molecule has 6 nitrogen and oxygen atoms in total. The highest BCUT2D eigenvalue weighted by molar-refractivity contribution is 9.10. The van der Waals surface area contributed by atoms with Crippen LogP contribution in [0.2, 0.25) is 10.0 Å². The topological polar surface area (TPSA) is 81.1 Å². The number of nitrogens with one attached hydrogen (secondary N) is 1. The zero-order valence-electron chi connectivity index (χ0n) is 16.0. The van der Waals surface area contributed by atoms with Crippen molar-refractivity contribution < 1.29 is 9.59 Å². The van der Waals surface area contributed by atoms with E-state index in [9.17, 15) is 14.4 Å². The molecule has 0 aliphatic carbocycles. The number of aromatic nitrogens is 2. The number of nitrogens with zero attached hydrogens (tertiary/aromatic N) is 2. The highest BCUT2D eigenvalue weighted by Gasteiger charge is 2.18. The summed E-state index contributed by atoms with van der Waals surface area (Å²) in [6.45, 7) is 0. The van der Waals surface area contributed by atoms with Crippen LogP contribution in [0.4, 0.5) is 0 Å². The lowest BCUT2D eigenvalue weighted by atomic mass is 10.1. The molecule has 0 aliphatic rings. The minimum Gasteiger partial charge on any atom is -0.293 e. The van der Waals surface area contributed by atoms with Gasteiger partial charge >= 0.3 is 0 Å². The van der Waals surface area contributed by atoms with E-state index in [4.69, 9.17) is 23.2 Å². The SMILES string of the molecule is O=C(CSc1nc2ccsc2c(=O)n1NC(=O)c1cccc(Br)c1)c1ccc(Cl)c(Cl)c1. The zero-order chi connectivity index (χ0) is 22.8. The number of carbonyl (C=O) groups is 2. The molecule has 11 heteroatoms. The maximum Gasteiger partial charge on any atom is 0.291 e. The highest BCUT2D eigenvalue weighted by atomic mass is 79.9. The Balaban J connectivity index is 1.64. The first kappa shape index (κ1) is 23.0. The number of halogens is 3. The fourth-order valence-electron chi connectivity index (χ4n) is 2.77. The standard InChI is InChI=1S/C21H12BrCl2N3O3S2/c22-13-3-1-2-12(8-13)19(29)26-27-20(30)18-16(6-7-31-18)25-21(27)32-10-17(28)11-4-5-14(23)15(24)9-11/h1-9H,10H2,(H,26,29). The quantitative estimate of drug-likeness (QED) is 0.178. The number of benzene rings is 2. The van der Waals surface area contributed by atoms with E-state index < -0.39 is 11.5 Å². The number of rotatable bonds is 6. The van der Waals surface area contributed by atoms with E-state index in [0.717, 1.165) is 20.9 Å². The fourth-order valence-corrected chi connectivity index (χ4v) is 5.07. The van der Waals surface area contributed by atoms with Crippen molar-refractivity contribution in [3.63, 3.8) is 0 Å². The van der Waals surface area contributed by atoms with Crippen molar-refractivity contribution in [1.82, 2.24) is 9.66 Å². The molecule has 0 saturated carbocycles. The smallest absolute Gasteiger partial charge is 0.291 e. The molecule has 2 aromatic carbocycles. The molecular formula is C21H12BrCl2N3O3S2. The van der Waals surface area contributed by atoms with Crippen LogP contribution in [-0.4, -0.2) is 27.1 Å². The minimum absolute atomic E-state index is 0.0210. The van der Waals surface area contributed by atoms with Crippen molar-refractivity contribution in [3.05, 3.63) is 89.9 Å². The predicted molar refractivity (Wildman–Crippen MR) is 133 cm³/mol. The second kappa shape index (κ2) is 9.76. The van der Waals surface area contributed by atoms with Crippen molar-refractivity contribution in [2.75, 3.05) is 11.2 Å². The van der Waals surface area contributed by atoms with Crippen LogP contribution in [-0.2, 0) is 0 Å². The number of hydrogen-bond donors (Lipinski definition) is 1. The fraction of sp³-hybridized carbons (Fsp3) is 0.0476. The van der Waals surface area contributed by atoms with Crippen LogP contribution >= 0.6 is 62.2 Å². The molecule has 162 valence electrons. The van der Waals surface area contributed by atoms with E-state index in [1.165, 1.54) is 17.4 Å². The predicted octanol–water partition coefficient (Wildman–Crippen LogP) is 5.89. The molecule has 1 amide bonds. The van der Waals surface area contributed by atoms with Crippen molar-refractivity contribution in [2.24, 2.45) is 0 Å². The molecule has 4 aromatic rings. The third-order valence-corrected chi connectivity index (χ3v) is 7.39. The van der Waals surface area contributed by atoms with E-state index in [-0.39, 0.29) is 21.7 Å². The number of Topliss-reactive ketones (excluding diaryl/α,β-unsaturated/α-hetero) is 1. The van der Waals surface area contributed by atoms with E-state index in [0.29, 0.717) is 26.4 Å². The van der Waals surface area contributed by atoms with Gasteiger partial charge in [-0.25, -0.2) is 4.98 Å². The lowest BCUT2D eigenvalue weighted by molar-refractivity contribution is 0.100. The molecule has 1 N–H and O–H groups in total. The Morgan fingerprint density at radius 3 is 2.66 bits per heavy atom. The van der Waals surface area contributed by atoms with Crippen LogP contribution < -0.4 is 11.0 Å². The summed E-state index contributed by atoms with van der Waals surface area (Å²) in [4.78, 5) is 42.9. The summed E-state index contributed by atoms with van der Waals surface area (Å²) in [7, 11) is 0. The number of amides is 1. The van der Waals surface area contributed by atoms with Gasteiger partial charge < -0.3 is 0 Å². The summed E-state index contributed by atoms with van der Waals surface area (Å²) in [5.41, 5.74) is 3.43. The summed E-state index contributed by atoms with van der Waals surface area (Å²) in [5, 5.41) is 2.57. The Bertz CT molecular complexity index is 1420. The average molecular weight is 569 g/mol. The van der Waals surface area contributed by atoms with Gasteiger partial charge in [0.25, 0.3) is 11.5 Å². The van der Waals surface area contributed by atoms with E-state index in [1.807, 2.05) is 0 Å². The van der Waals surface area contributed by atoms with Gasteiger partial charge in [0.2, 0.25) is 0 Å². The van der Waals surface area contributed by atoms with Gasteiger partial charge in [0.05, 0.1) is 21.3 Å². The second-order valence-electron chi connectivity index (χ2n) is 6.46. The van der Waals surface area contributed by atoms with Gasteiger partial charge in [0.15, 0.2) is 10.9 Å². The molecule has 0 radical (unpaired) electrons. The number of thiophene rings is 1. The number of thioether (sulfide) groups is 1. The monoisotopic (exact) mass is 567 g/mol. The summed E-state index contributed by atoms with van der Waals surface area (Å²) < 4.78 is 2.21. The van der Waals surface area contributed by atoms with Gasteiger partial charge in [-0.1, -0.05) is 57.0 Å². The first-order valence-corrected chi connectivity index (χ1v) is 12.4. The molecule has 0 aliphatic heterocycles. The van der Waals surface area contributed by atoms with Crippen LogP contribution in [0, 0.1) is 0 Å². The molecule has 2 aromatic heterocycles. The molecule has 0 fully saturated rings. The highest BCUT2D eigenvalue weighted by Crippen LogP contribution is 2.25. The number of carbonyl (C=O) groups excluding carboxylic acids is 2. The molecule has 0 bridgehead atoms. The third-order valence-electron chi connectivity index (χ3n) is 4.32. The molecule has 0 spiro atoms. The molecule has 2 heterocycles. The van der Waals surface area contributed by atoms with Crippen molar-refractivity contribution in [3.8, 4) is 0 Å². The molecular weight excluding hydrogens is 557 g/mol. The summed E-state index contributed by atoms with van der Waals surface area (Å²) >= 11 is 17.5. The molecule has 0 saturated heterocycles. The van der Waals surface area contributed by atoms with Crippen LogP contribution in [0.5, 0.6) is 0 Å². The molecule has 0 atom stereocenters. The van der Waals surface area contributed by atoms with Crippen LogP contribution in [0.1, 0.15) is 20.7 Å². The lowest BCUT2D eigenvalue weighted by Gasteiger charge is -2.13. The van der Waals surface area contributed by atoms with Crippen molar-refractivity contribution in [2.45, 2.75) is 5.16 Å². The molecule has 32 heavy (non-hydrogen) atoms. The Morgan fingerprint density at radius 1 is 1.09 bits per heavy atom. The number of fused-ring (bicyclic) bond motifs is 1. The lowest BCUT2D eigenvalue weighted by Crippen LogP contribution is -2.35. The molecule has 4 rings (SSSR count). The van der Waals surface area contributed by atoms with Crippen LogP contribution in [0.25, 0.3) is 10.2 Å². The van der Waals surface area contributed by atoms with Gasteiger partial charge in [-0.3, -0.25) is 19.8 Å². The largest absolute Gasteiger partial charge is 0.293 e. The Labute approximate surface area is 208 Å².